The average Bonchev–Trinajstić information content (AvgIpc) is 2.91. The molecule has 3 aromatic rings. The van der Waals surface area contributed by atoms with Gasteiger partial charge in [0.05, 0.1) is 0 Å². The molecule has 7 nitrogen and oxygen atoms in total. The van der Waals surface area contributed by atoms with Gasteiger partial charge in [0.25, 0.3) is 0 Å². The molecule has 1 atom stereocenters. The Bertz CT molecular complexity index is 1150. The number of halogens is 2. The van der Waals surface area contributed by atoms with E-state index in [1.807, 2.05) is 24.3 Å². The Balaban J connectivity index is 1.57. The third-order valence-corrected chi connectivity index (χ3v) is 6.38. The molecule has 0 unspecified atom stereocenters. The highest BCUT2D eigenvalue weighted by Crippen LogP contribution is 2.18. The second-order valence-electron chi connectivity index (χ2n) is 8.91. The lowest BCUT2D eigenvalue weighted by Crippen LogP contribution is -2.45. The van der Waals surface area contributed by atoms with Crippen molar-refractivity contribution in [3.63, 3.8) is 0 Å². The lowest BCUT2D eigenvalue weighted by molar-refractivity contribution is -0.126. The molecule has 0 saturated carbocycles. The number of phenols is 2. The van der Waals surface area contributed by atoms with E-state index in [4.69, 9.17) is 23.2 Å². The van der Waals surface area contributed by atoms with E-state index in [9.17, 15) is 19.8 Å². The van der Waals surface area contributed by atoms with Crippen LogP contribution in [-0.2, 0) is 22.4 Å². The largest absolute Gasteiger partial charge is 0.508 e. The number of carbonyl (C=O) groups excluding carboxylic acids is 2. The zero-order valence-electron chi connectivity index (χ0n) is 21.1. The summed E-state index contributed by atoms with van der Waals surface area (Å²) in [4.78, 5) is 27.9. The Morgan fingerprint density at radius 3 is 1.92 bits per heavy atom. The highest BCUT2D eigenvalue weighted by atomic mass is 35.5. The number of benzene rings is 3. The van der Waals surface area contributed by atoms with Crippen molar-refractivity contribution < 1.29 is 19.8 Å². The second kappa shape index (κ2) is 15.1. The van der Waals surface area contributed by atoms with Crippen LogP contribution in [0.2, 0.25) is 0 Å². The lowest BCUT2D eigenvalue weighted by Gasteiger charge is -2.23. The van der Waals surface area contributed by atoms with Crippen molar-refractivity contribution in [2.75, 3.05) is 35.1 Å². The molecule has 38 heavy (non-hydrogen) atoms. The number of nitrogens with zero attached hydrogens (tertiary/aromatic N) is 1. The van der Waals surface area contributed by atoms with Crippen LogP contribution >= 0.6 is 23.2 Å². The number of carbonyl (C=O) groups is 2. The van der Waals surface area contributed by atoms with Crippen LogP contribution < -0.4 is 15.5 Å². The summed E-state index contributed by atoms with van der Waals surface area (Å²) in [7, 11) is 0. The standard InChI is InChI=1S/C29H33Cl2N3O4/c30-16-18-34(19-17-31)24-10-4-21(5-11-24)2-1-3-28(37)33-27(20-22-6-12-25(35)13-7-22)29(38)32-23-8-14-26(36)15-9-23/h4-15,27,35-36H,1-3,16-20H2,(H,32,38)(H,33,37)/t27-/m0/s1. The smallest absolute Gasteiger partial charge is 0.247 e. The predicted octanol–water partition coefficient (Wildman–Crippen LogP) is 5.07. The maximum Gasteiger partial charge on any atom is 0.247 e. The number of aryl methyl sites for hydroxylation is 1. The molecule has 4 N–H and O–H groups in total. The summed E-state index contributed by atoms with van der Waals surface area (Å²) in [5.41, 5.74) is 3.48. The van der Waals surface area contributed by atoms with Crippen molar-refractivity contribution in [1.29, 1.82) is 0 Å². The van der Waals surface area contributed by atoms with Crippen LogP contribution in [0.1, 0.15) is 24.0 Å². The summed E-state index contributed by atoms with van der Waals surface area (Å²) in [6.07, 6.45) is 1.88. The Hall–Kier alpha value is -3.42. The summed E-state index contributed by atoms with van der Waals surface area (Å²) in [5.74, 6) is 0.673. The van der Waals surface area contributed by atoms with Gasteiger partial charge in [-0.05, 0) is 72.5 Å². The van der Waals surface area contributed by atoms with Crippen LogP contribution in [0.4, 0.5) is 11.4 Å². The molecule has 0 aromatic heterocycles. The third-order valence-electron chi connectivity index (χ3n) is 6.04. The summed E-state index contributed by atoms with van der Waals surface area (Å²) < 4.78 is 0. The zero-order chi connectivity index (χ0) is 27.3. The summed E-state index contributed by atoms with van der Waals surface area (Å²) >= 11 is 11.8. The van der Waals surface area contributed by atoms with Gasteiger partial charge >= 0.3 is 0 Å². The fourth-order valence-corrected chi connectivity index (χ4v) is 4.43. The number of nitrogens with one attached hydrogen (secondary N) is 2. The quantitative estimate of drug-likeness (QED) is 0.164. The molecule has 2 amide bonds. The van der Waals surface area contributed by atoms with Gasteiger partial charge < -0.3 is 25.7 Å². The SMILES string of the molecule is O=C(CCCc1ccc(N(CCCl)CCCl)cc1)N[C@@H](Cc1ccc(O)cc1)C(=O)Nc1ccc(O)cc1. The van der Waals surface area contributed by atoms with Crippen molar-refractivity contribution in [2.24, 2.45) is 0 Å². The maximum atomic E-state index is 13.0. The molecule has 0 fully saturated rings. The molecule has 0 aliphatic heterocycles. The number of phenolic OH excluding ortho intramolecular Hbond substituents is 2. The fraction of sp³-hybridized carbons (Fsp3) is 0.310. The number of hydrogen-bond donors (Lipinski definition) is 4. The van der Waals surface area contributed by atoms with Crippen molar-refractivity contribution >= 4 is 46.4 Å². The molecule has 202 valence electrons. The number of aromatic hydroxyl groups is 2. The molecule has 3 aromatic carbocycles. The van der Waals surface area contributed by atoms with Gasteiger partial charge in [-0.2, -0.15) is 0 Å². The van der Waals surface area contributed by atoms with Crippen molar-refractivity contribution in [3.8, 4) is 11.5 Å². The Morgan fingerprint density at radius 2 is 1.34 bits per heavy atom. The summed E-state index contributed by atoms with van der Waals surface area (Å²) in [5, 5.41) is 24.7. The van der Waals surface area contributed by atoms with Crippen LogP contribution in [0.15, 0.2) is 72.8 Å². The van der Waals surface area contributed by atoms with Gasteiger partial charge in [-0.3, -0.25) is 9.59 Å². The Morgan fingerprint density at radius 1 is 0.789 bits per heavy atom. The van der Waals surface area contributed by atoms with Crippen molar-refractivity contribution in [1.82, 2.24) is 5.32 Å². The van der Waals surface area contributed by atoms with E-state index in [-0.39, 0.29) is 36.2 Å². The van der Waals surface area contributed by atoms with E-state index < -0.39 is 6.04 Å². The minimum atomic E-state index is -0.810. The van der Waals surface area contributed by atoms with Gasteiger partial charge in [0.15, 0.2) is 0 Å². The van der Waals surface area contributed by atoms with Gasteiger partial charge in [0.2, 0.25) is 11.8 Å². The van der Waals surface area contributed by atoms with E-state index in [1.165, 1.54) is 12.1 Å². The van der Waals surface area contributed by atoms with Crippen LogP contribution in [0.3, 0.4) is 0 Å². The number of anilines is 2. The topological polar surface area (TPSA) is 102 Å². The number of rotatable bonds is 14. The van der Waals surface area contributed by atoms with Gasteiger partial charge in [0.1, 0.15) is 17.5 Å². The predicted molar refractivity (Wildman–Crippen MR) is 154 cm³/mol. The number of hydrogen-bond acceptors (Lipinski definition) is 5. The van der Waals surface area contributed by atoms with Gasteiger partial charge in [-0.15, -0.1) is 23.2 Å². The first-order chi connectivity index (χ1) is 18.4. The van der Waals surface area contributed by atoms with Crippen LogP contribution in [0.25, 0.3) is 0 Å². The molecule has 9 heteroatoms. The Kier molecular flexibility index (Phi) is 11.6. The Labute approximate surface area is 233 Å². The highest BCUT2D eigenvalue weighted by Gasteiger charge is 2.21. The molecule has 0 saturated heterocycles. The number of alkyl halides is 2. The van der Waals surface area contributed by atoms with E-state index in [2.05, 4.69) is 15.5 Å². The third kappa shape index (κ3) is 9.47. The summed E-state index contributed by atoms with van der Waals surface area (Å²) in [6.45, 7) is 1.44. The molecule has 3 rings (SSSR count). The van der Waals surface area contributed by atoms with Crippen LogP contribution in [0.5, 0.6) is 11.5 Å². The molecular weight excluding hydrogens is 525 g/mol. The first kappa shape index (κ1) is 29.1. The van der Waals surface area contributed by atoms with E-state index in [0.29, 0.717) is 23.9 Å². The molecule has 0 aliphatic carbocycles. The normalized spacial score (nSPS) is 11.5. The molecule has 0 bridgehead atoms. The minimum absolute atomic E-state index is 0.0921. The van der Waals surface area contributed by atoms with Crippen LogP contribution in [-0.4, -0.2) is 52.9 Å². The van der Waals surface area contributed by atoms with Gasteiger partial charge in [-0.1, -0.05) is 24.3 Å². The highest BCUT2D eigenvalue weighted by molar-refractivity contribution is 6.18. The minimum Gasteiger partial charge on any atom is -0.508 e. The molecule has 0 heterocycles. The zero-order valence-corrected chi connectivity index (χ0v) is 22.6. The van der Waals surface area contributed by atoms with Gasteiger partial charge in [0, 0.05) is 49.1 Å². The molecule has 0 radical (unpaired) electrons. The van der Waals surface area contributed by atoms with Crippen LogP contribution in [0, 0.1) is 0 Å². The average molecular weight is 559 g/mol. The van der Waals surface area contributed by atoms with Crippen molar-refractivity contribution in [2.45, 2.75) is 31.7 Å². The molecule has 0 spiro atoms. The molecule has 0 aliphatic rings. The first-order valence-electron chi connectivity index (χ1n) is 12.5. The monoisotopic (exact) mass is 557 g/mol. The second-order valence-corrected chi connectivity index (χ2v) is 9.67. The number of amides is 2. The fourth-order valence-electron chi connectivity index (χ4n) is 4.02. The summed E-state index contributed by atoms with van der Waals surface area (Å²) in [6, 6.07) is 20.0. The lowest BCUT2D eigenvalue weighted by atomic mass is 10.0. The maximum absolute atomic E-state index is 13.0. The van der Waals surface area contributed by atoms with Crippen molar-refractivity contribution in [3.05, 3.63) is 83.9 Å². The first-order valence-corrected chi connectivity index (χ1v) is 13.6. The molecular formula is C29H33Cl2N3O4. The van der Waals surface area contributed by atoms with E-state index in [1.54, 1.807) is 36.4 Å². The van der Waals surface area contributed by atoms with E-state index >= 15 is 0 Å². The van der Waals surface area contributed by atoms with E-state index in [0.717, 1.165) is 36.3 Å². The van der Waals surface area contributed by atoms with Gasteiger partial charge in [-0.25, -0.2) is 0 Å².